The summed E-state index contributed by atoms with van der Waals surface area (Å²) in [6, 6.07) is 3.68. The smallest absolute Gasteiger partial charge is 0.238 e. The van der Waals surface area contributed by atoms with Crippen LogP contribution in [-0.2, 0) is 9.53 Å². The van der Waals surface area contributed by atoms with Crippen molar-refractivity contribution in [1.29, 1.82) is 0 Å². The number of hydrogen-bond acceptors (Lipinski definition) is 5. The first-order valence-corrected chi connectivity index (χ1v) is 6.03. The minimum absolute atomic E-state index is 0.0694. The second-order valence-electron chi connectivity index (χ2n) is 4.05. The van der Waals surface area contributed by atoms with Crippen molar-refractivity contribution in [1.82, 2.24) is 10.3 Å². The number of rotatable bonds is 4. The molecule has 2 rings (SSSR count). The number of ether oxygens (including phenoxy) is 1. The zero-order valence-electron chi connectivity index (χ0n) is 10.5. The number of carbonyl (C=O) groups excluding carboxylic acids is 1. The van der Waals surface area contributed by atoms with Crippen molar-refractivity contribution in [3.05, 3.63) is 18.3 Å². The lowest BCUT2D eigenvalue weighted by Gasteiger charge is -2.29. The van der Waals surface area contributed by atoms with Gasteiger partial charge < -0.3 is 20.3 Å². The Morgan fingerprint density at radius 1 is 1.50 bits per heavy atom. The fourth-order valence-corrected chi connectivity index (χ4v) is 1.88. The minimum Gasteiger partial charge on any atom is -0.378 e. The summed E-state index contributed by atoms with van der Waals surface area (Å²) in [6.07, 6.45) is 1.73. The van der Waals surface area contributed by atoms with Gasteiger partial charge in [-0.1, -0.05) is 0 Å². The summed E-state index contributed by atoms with van der Waals surface area (Å²) < 4.78 is 5.31. The van der Waals surface area contributed by atoms with Crippen LogP contribution in [0.25, 0.3) is 0 Å². The maximum Gasteiger partial charge on any atom is 0.238 e. The summed E-state index contributed by atoms with van der Waals surface area (Å²) in [5, 5.41) is 5.68. The van der Waals surface area contributed by atoms with E-state index in [1.165, 1.54) is 0 Å². The molecule has 0 radical (unpaired) electrons. The number of aromatic nitrogens is 1. The first-order chi connectivity index (χ1) is 8.81. The van der Waals surface area contributed by atoms with Crippen LogP contribution in [0.15, 0.2) is 18.3 Å². The molecule has 6 heteroatoms. The molecule has 0 aliphatic carbocycles. The third kappa shape index (κ3) is 3.18. The molecule has 18 heavy (non-hydrogen) atoms. The highest BCUT2D eigenvalue weighted by Gasteiger charge is 2.16. The van der Waals surface area contributed by atoms with Gasteiger partial charge in [0.05, 0.1) is 25.4 Å². The summed E-state index contributed by atoms with van der Waals surface area (Å²) >= 11 is 0. The quantitative estimate of drug-likeness (QED) is 0.792. The van der Waals surface area contributed by atoms with Gasteiger partial charge in [-0.15, -0.1) is 0 Å². The van der Waals surface area contributed by atoms with Crippen LogP contribution in [0.1, 0.15) is 0 Å². The molecule has 1 aromatic heterocycles. The van der Waals surface area contributed by atoms with Gasteiger partial charge in [-0.2, -0.15) is 0 Å². The van der Waals surface area contributed by atoms with Crippen LogP contribution in [0.3, 0.4) is 0 Å². The maximum absolute atomic E-state index is 11.6. The summed E-state index contributed by atoms with van der Waals surface area (Å²) in [6.45, 7) is 3.27. The Morgan fingerprint density at radius 3 is 3.00 bits per heavy atom. The van der Waals surface area contributed by atoms with Gasteiger partial charge in [0.1, 0.15) is 0 Å². The van der Waals surface area contributed by atoms with E-state index < -0.39 is 0 Å². The van der Waals surface area contributed by atoms with E-state index in [-0.39, 0.29) is 12.5 Å². The molecule has 0 atom stereocenters. The lowest BCUT2D eigenvalue weighted by molar-refractivity contribution is -0.115. The number of amides is 1. The van der Waals surface area contributed by atoms with Crippen molar-refractivity contribution in [3.8, 4) is 0 Å². The number of morpholine rings is 1. The standard InChI is InChI=1S/C12H18N4O2/c1-13-9-11(17)15-10-3-2-4-14-12(10)16-5-7-18-8-6-16/h2-4,13H,5-9H2,1H3,(H,15,17). The minimum atomic E-state index is -0.0694. The molecule has 1 aromatic rings. The number of likely N-dealkylation sites (N-methyl/N-ethyl adjacent to an activating group) is 1. The lowest BCUT2D eigenvalue weighted by Crippen LogP contribution is -2.37. The van der Waals surface area contributed by atoms with Crippen molar-refractivity contribution >= 4 is 17.4 Å². The zero-order chi connectivity index (χ0) is 12.8. The number of nitrogens with zero attached hydrogens (tertiary/aromatic N) is 2. The molecule has 98 valence electrons. The fourth-order valence-electron chi connectivity index (χ4n) is 1.88. The highest BCUT2D eigenvalue weighted by atomic mass is 16.5. The van der Waals surface area contributed by atoms with Gasteiger partial charge in [0, 0.05) is 19.3 Å². The predicted octanol–water partition coefficient (Wildman–Crippen LogP) is 0.0761. The second kappa shape index (κ2) is 6.32. The number of anilines is 2. The molecule has 0 bridgehead atoms. The number of carbonyl (C=O) groups is 1. The van der Waals surface area contributed by atoms with Crippen LogP contribution >= 0.6 is 0 Å². The van der Waals surface area contributed by atoms with E-state index in [0.29, 0.717) is 13.2 Å². The summed E-state index contributed by atoms with van der Waals surface area (Å²) in [5.41, 5.74) is 0.750. The Kier molecular flexibility index (Phi) is 4.49. The predicted molar refractivity (Wildman–Crippen MR) is 69.8 cm³/mol. The van der Waals surface area contributed by atoms with Gasteiger partial charge in [-0.3, -0.25) is 4.79 Å². The van der Waals surface area contributed by atoms with Crippen LogP contribution in [0, 0.1) is 0 Å². The molecule has 1 aliphatic rings. The van der Waals surface area contributed by atoms with E-state index in [2.05, 4.69) is 20.5 Å². The molecular formula is C12H18N4O2. The molecule has 1 aliphatic heterocycles. The van der Waals surface area contributed by atoms with Crippen molar-refractivity contribution in [2.24, 2.45) is 0 Å². The summed E-state index contributed by atoms with van der Waals surface area (Å²) in [5.74, 6) is 0.741. The van der Waals surface area contributed by atoms with Crippen LogP contribution in [0.2, 0.25) is 0 Å². The third-order valence-corrected chi connectivity index (χ3v) is 2.71. The lowest BCUT2D eigenvalue weighted by atomic mass is 10.3. The van der Waals surface area contributed by atoms with Crippen molar-refractivity contribution < 1.29 is 9.53 Å². The van der Waals surface area contributed by atoms with Crippen LogP contribution in [-0.4, -0.2) is 50.8 Å². The van der Waals surface area contributed by atoms with Crippen molar-refractivity contribution in [3.63, 3.8) is 0 Å². The Morgan fingerprint density at radius 2 is 2.28 bits per heavy atom. The number of pyridine rings is 1. The van der Waals surface area contributed by atoms with Gasteiger partial charge in [0.25, 0.3) is 0 Å². The van der Waals surface area contributed by atoms with E-state index in [4.69, 9.17) is 4.74 Å². The van der Waals surface area contributed by atoms with Crippen LogP contribution < -0.4 is 15.5 Å². The van der Waals surface area contributed by atoms with E-state index in [1.807, 2.05) is 12.1 Å². The highest BCUT2D eigenvalue weighted by Crippen LogP contribution is 2.23. The largest absolute Gasteiger partial charge is 0.378 e. The normalized spacial score (nSPS) is 15.5. The van der Waals surface area contributed by atoms with Gasteiger partial charge >= 0.3 is 0 Å². The molecular weight excluding hydrogens is 232 g/mol. The van der Waals surface area contributed by atoms with Gasteiger partial charge in [-0.05, 0) is 19.2 Å². The van der Waals surface area contributed by atoms with Gasteiger partial charge in [0.15, 0.2) is 5.82 Å². The van der Waals surface area contributed by atoms with Gasteiger partial charge in [0.2, 0.25) is 5.91 Å². The Hall–Kier alpha value is -1.66. The number of hydrogen-bond donors (Lipinski definition) is 2. The molecule has 2 heterocycles. The van der Waals surface area contributed by atoms with Crippen molar-refractivity contribution in [2.75, 3.05) is 50.1 Å². The molecule has 0 unspecified atom stereocenters. The molecule has 0 spiro atoms. The Balaban J connectivity index is 2.11. The van der Waals surface area contributed by atoms with Gasteiger partial charge in [-0.25, -0.2) is 4.98 Å². The first kappa shape index (κ1) is 12.8. The average Bonchev–Trinajstić information content (AvgIpc) is 2.40. The Bertz CT molecular complexity index is 405. The molecule has 0 saturated carbocycles. The van der Waals surface area contributed by atoms with Crippen LogP contribution in [0.4, 0.5) is 11.5 Å². The SMILES string of the molecule is CNCC(=O)Nc1cccnc1N1CCOCC1. The zero-order valence-corrected chi connectivity index (χ0v) is 10.5. The van der Waals surface area contributed by atoms with Crippen LogP contribution in [0.5, 0.6) is 0 Å². The topological polar surface area (TPSA) is 66.5 Å². The third-order valence-electron chi connectivity index (χ3n) is 2.71. The Labute approximate surface area is 106 Å². The molecule has 1 amide bonds. The second-order valence-corrected chi connectivity index (χ2v) is 4.05. The summed E-state index contributed by atoms with van der Waals surface area (Å²) in [4.78, 5) is 18.1. The van der Waals surface area contributed by atoms with E-state index >= 15 is 0 Å². The van der Waals surface area contributed by atoms with E-state index in [9.17, 15) is 4.79 Å². The highest BCUT2D eigenvalue weighted by molar-refractivity contribution is 5.94. The molecule has 6 nitrogen and oxygen atoms in total. The molecule has 1 saturated heterocycles. The van der Waals surface area contributed by atoms with E-state index in [1.54, 1.807) is 13.2 Å². The van der Waals surface area contributed by atoms with E-state index in [0.717, 1.165) is 24.6 Å². The maximum atomic E-state index is 11.6. The molecule has 2 N–H and O–H groups in total. The summed E-state index contributed by atoms with van der Waals surface area (Å²) in [7, 11) is 1.74. The fraction of sp³-hybridized carbons (Fsp3) is 0.500. The molecule has 0 aromatic carbocycles. The number of nitrogens with one attached hydrogen (secondary N) is 2. The molecule has 1 fully saturated rings. The van der Waals surface area contributed by atoms with Crippen molar-refractivity contribution in [2.45, 2.75) is 0 Å². The monoisotopic (exact) mass is 250 g/mol. The first-order valence-electron chi connectivity index (χ1n) is 6.03. The average molecular weight is 250 g/mol.